The molecular formula is C14H25N3. The zero-order chi connectivity index (χ0) is 12.1. The number of hydrogen-bond acceptors (Lipinski definition) is 2. The zero-order valence-corrected chi connectivity index (χ0v) is 11.2. The molecular weight excluding hydrogens is 210 g/mol. The largest absolute Gasteiger partial charge is 0.314 e. The summed E-state index contributed by atoms with van der Waals surface area (Å²) in [5.74, 6) is 0.993. The molecule has 3 heteroatoms. The fraction of sp³-hybridized carbons (Fsp3) is 0.786. The molecule has 96 valence electrons. The summed E-state index contributed by atoms with van der Waals surface area (Å²) in [7, 11) is 1.99. The first kappa shape index (κ1) is 12.6. The van der Waals surface area contributed by atoms with E-state index in [0.717, 1.165) is 18.9 Å². The molecule has 1 fully saturated rings. The highest BCUT2D eigenvalue weighted by Crippen LogP contribution is 2.31. The van der Waals surface area contributed by atoms with Gasteiger partial charge in [0.2, 0.25) is 0 Å². The van der Waals surface area contributed by atoms with Gasteiger partial charge in [0.25, 0.3) is 0 Å². The van der Waals surface area contributed by atoms with Gasteiger partial charge in [-0.15, -0.1) is 0 Å². The quantitative estimate of drug-likeness (QED) is 0.787. The SMILES string of the molecule is CCNC(CCc1cnn(C)c1)CC1CCC1. The normalized spacial score (nSPS) is 18.0. The molecule has 1 saturated carbocycles. The maximum atomic E-state index is 4.23. The summed E-state index contributed by atoms with van der Waals surface area (Å²) < 4.78 is 1.89. The summed E-state index contributed by atoms with van der Waals surface area (Å²) in [6, 6.07) is 0.700. The Balaban J connectivity index is 1.75. The Morgan fingerprint density at radius 2 is 2.35 bits per heavy atom. The molecule has 1 heterocycles. The first-order valence-electron chi connectivity index (χ1n) is 6.99. The topological polar surface area (TPSA) is 29.9 Å². The van der Waals surface area contributed by atoms with Gasteiger partial charge in [0, 0.05) is 19.3 Å². The second-order valence-electron chi connectivity index (χ2n) is 5.35. The number of aromatic nitrogens is 2. The van der Waals surface area contributed by atoms with Gasteiger partial charge in [-0.2, -0.15) is 5.10 Å². The molecule has 1 N–H and O–H groups in total. The molecule has 1 aliphatic carbocycles. The Labute approximate surface area is 105 Å². The minimum Gasteiger partial charge on any atom is -0.314 e. The second kappa shape index (κ2) is 6.20. The van der Waals surface area contributed by atoms with E-state index in [1.54, 1.807) is 0 Å². The molecule has 0 amide bonds. The van der Waals surface area contributed by atoms with E-state index in [1.165, 1.54) is 37.7 Å². The third-order valence-corrected chi connectivity index (χ3v) is 3.88. The summed E-state index contributed by atoms with van der Waals surface area (Å²) in [6.07, 6.45) is 12.2. The first-order chi connectivity index (χ1) is 8.28. The van der Waals surface area contributed by atoms with Gasteiger partial charge in [-0.25, -0.2) is 0 Å². The molecule has 1 aliphatic rings. The summed E-state index contributed by atoms with van der Waals surface area (Å²) in [6.45, 7) is 3.29. The van der Waals surface area contributed by atoms with Crippen LogP contribution in [0.5, 0.6) is 0 Å². The fourth-order valence-corrected chi connectivity index (χ4v) is 2.66. The molecule has 1 aromatic rings. The van der Waals surface area contributed by atoms with E-state index in [1.807, 2.05) is 17.9 Å². The van der Waals surface area contributed by atoms with E-state index < -0.39 is 0 Å². The van der Waals surface area contributed by atoms with Crippen molar-refractivity contribution in [3.63, 3.8) is 0 Å². The standard InChI is InChI=1S/C14H25N3/c1-3-15-14(9-12-5-4-6-12)8-7-13-10-16-17(2)11-13/h10-12,14-15H,3-9H2,1-2H3. The average Bonchev–Trinajstić information content (AvgIpc) is 2.66. The van der Waals surface area contributed by atoms with Crippen molar-refractivity contribution in [3.8, 4) is 0 Å². The van der Waals surface area contributed by atoms with Crippen LogP contribution in [-0.2, 0) is 13.5 Å². The minimum absolute atomic E-state index is 0.700. The van der Waals surface area contributed by atoms with Crippen LogP contribution in [0.1, 0.15) is 44.6 Å². The van der Waals surface area contributed by atoms with Crippen LogP contribution in [0.25, 0.3) is 0 Å². The van der Waals surface area contributed by atoms with Crippen molar-refractivity contribution in [2.45, 2.75) is 51.5 Å². The highest BCUT2D eigenvalue weighted by Gasteiger charge is 2.21. The Bertz CT molecular complexity index is 328. The number of nitrogens with zero attached hydrogens (tertiary/aromatic N) is 2. The van der Waals surface area contributed by atoms with Crippen molar-refractivity contribution in [1.82, 2.24) is 15.1 Å². The number of aryl methyl sites for hydroxylation is 2. The van der Waals surface area contributed by atoms with E-state index in [2.05, 4.69) is 23.5 Å². The molecule has 0 spiro atoms. The highest BCUT2D eigenvalue weighted by atomic mass is 15.2. The molecule has 1 aromatic heterocycles. The minimum atomic E-state index is 0.700. The Hall–Kier alpha value is -0.830. The van der Waals surface area contributed by atoms with Crippen molar-refractivity contribution in [2.75, 3.05) is 6.54 Å². The van der Waals surface area contributed by atoms with Gasteiger partial charge < -0.3 is 5.32 Å². The number of hydrogen-bond donors (Lipinski definition) is 1. The highest BCUT2D eigenvalue weighted by molar-refractivity contribution is 5.04. The van der Waals surface area contributed by atoms with Crippen LogP contribution in [0.2, 0.25) is 0 Å². The Morgan fingerprint density at radius 3 is 2.88 bits per heavy atom. The van der Waals surface area contributed by atoms with Gasteiger partial charge in [0.1, 0.15) is 0 Å². The van der Waals surface area contributed by atoms with E-state index in [-0.39, 0.29) is 0 Å². The molecule has 0 saturated heterocycles. The number of rotatable bonds is 7. The van der Waals surface area contributed by atoms with Crippen LogP contribution < -0.4 is 5.32 Å². The maximum Gasteiger partial charge on any atom is 0.0521 e. The van der Waals surface area contributed by atoms with Crippen LogP contribution in [0, 0.1) is 5.92 Å². The monoisotopic (exact) mass is 235 g/mol. The van der Waals surface area contributed by atoms with Crippen molar-refractivity contribution >= 4 is 0 Å². The maximum absolute atomic E-state index is 4.23. The van der Waals surface area contributed by atoms with Crippen LogP contribution in [0.3, 0.4) is 0 Å². The second-order valence-corrected chi connectivity index (χ2v) is 5.35. The summed E-state index contributed by atoms with van der Waals surface area (Å²) in [5, 5.41) is 7.86. The lowest BCUT2D eigenvalue weighted by Gasteiger charge is -2.30. The molecule has 0 bridgehead atoms. The number of nitrogens with one attached hydrogen (secondary N) is 1. The van der Waals surface area contributed by atoms with Crippen molar-refractivity contribution in [3.05, 3.63) is 18.0 Å². The fourth-order valence-electron chi connectivity index (χ4n) is 2.66. The van der Waals surface area contributed by atoms with E-state index in [4.69, 9.17) is 0 Å². The lowest BCUT2D eigenvalue weighted by Crippen LogP contribution is -2.33. The van der Waals surface area contributed by atoms with Gasteiger partial charge in [0.15, 0.2) is 0 Å². The van der Waals surface area contributed by atoms with Gasteiger partial charge in [-0.05, 0) is 37.3 Å². The van der Waals surface area contributed by atoms with E-state index >= 15 is 0 Å². The van der Waals surface area contributed by atoms with Crippen molar-refractivity contribution in [2.24, 2.45) is 13.0 Å². The molecule has 3 nitrogen and oxygen atoms in total. The smallest absolute Gasteiger partial charge is 0.0521 e. The molecule has 1 unspecified atom stereocenters. The lowest BCUT2D eigenvalue weighted by molar-refractivity contribution is 0.255. The zero-order valence-electron chi connectivity index (χ0n) is 11.2. The van der Waals surface area contributed by atoms with Gasteiger partial charge in [-0.3, -0.25) is 4.68 Å². The lowest BCUT2D eigenvalue weighted by atomic mass is 9.80. The van der Waals surface area contributed by atoms with Crippen molar-refractivity contribution < 1.29 is 0 Å². The van der Waals surface area contributed by atoms with Gasteiger partial charge in [0.05, 0.1) is 6.20 Å². The molecule has 1 atom stereocenters. The van der Waals surface area contributed by atoms with E-state index in [0.29, 0.717) is 6.04 Å². The van der Waals surface area contributed by atoms with Gasteiger partial charge >= 0.3 is 0 Å². The molecule has 0 aliphatic heterocycles. The predicted octanol–water partition coefficient (Wildman–Crippen LogP) is 2.52. The molecule has 0 radical (unpaired) electrons. The van der Waals surface area contributed by atoms with Crippen molar-refractivity contribution in [1.29, 1.82) is 0 Å². The molecule has 2 rings (SSSR count). The summed E-state index contributed by atoms with van der Waals surface area (Å²) in [5.41, 5.74) is 1.36. The van der Waals surface area contributed by atoms with Gasteiger partial charge in [-0.1, -0.05) is 26.2 Å². The third-order valence-electron chi connectivity index (χ3n) is 3.88. The Morgan fingerprint density at radius 1 is 1.53 bits per heavy atom. The summed E-state index contributed by atoms with van der Waals surface area (Å²) in [4.78, 5) is 0. The predicted molar refractivity (Wildman–Crippen MR) is 71.0 cm³/mol. The average molecular weight is 235 g/mol. The summed E-state index contributed by atoms with van der Waals surface area (Å²) >= 11 is 0. The van der Waals surface area contributed by atoms with Crippen LogP contribution in [0.4, 0.5) is 0 Å². The first-order valence-corrected chi connectivity index (χ1v) is 6.99. The molecule has 0 aromatic carbocycles. The van der Waals surface area contributed by atoms with E-state index in [9.17, 15) is 0 Å². The Kier molecular flexibility index (Phi) is 4.60. The van der Waals surface area contributed by atoms with Crippen LogP contribution in [-0.4, -0.2) is 22.4 Å². The van der Waals surface area contributed by atoms with Crippen LogP contribution in [0.15, 0.2) is 12.4 Å². The van der Waals surface area contributed by atoms with Crippen LogP contribution >= 0.6 is 0 Å². The molecule has 17 heavy (non-hydrogen) atoms. The third kappa shape index (κ3) is 3.84.